The van der Waals surface area contributed by atoms with Crippen LogP contribution in [0, 0.1) is 6.92 Å². The zero-order valence-electron chi connectivity index (χ0n) is 14.2. The lowest BCUT2D eigenvalue weighted by molar-refractivity contribution is 0.190. The van der Waals surface area contributed by atoms with Gasteiger partial charge < -0.3 is 14.9 Å². The standard InChI is InChI=1S/C19H15BrCl2N2O3/c1-10-17(18(27-24-10)13-7-6-12(20)9-15(13)22)16(23-19(25)26)8-11-4-2-3-5-14(11)21/h2-7,9,16,23H,8H2,1H3,(H,25,26)/t16-/m1/s1. The first-order valence-electron chi connectivity index (χ1n) is 8.01. The minimum Gasteiger partial charge on any atom is -0.465 e. The molecule has 2 N–H and O–H groups in total. The summed E-state index contributed by atoms with van der Waals surface area (Å²) in [7, 11) is 0. The first kappa shape index (κ1) is 19.7. The summed E-state index contributed by atoms with van der Waals surface area (Å²) in [6.45, 7) is 1.76. The van der Waals surface area contributed by atoms with Crippen LogP contribution in [0.2, 0.25) is 10.0 Å². The fourth-order valence-electron chi connectivity index (χ4n) is 2.91. The van der Waals surface area contributed by atoms with Crippen molar-refractivity contribution in [3.8, 4) is 11.3 Å². The second kappa shape index (κ2) is 8.33. The van der Waals surface area contributed by atoms with Crippen LogP contribution in [0.5, 0.6) is 0 Å². The highest BCUT2D eigenvalue weighted by Gasteiger charge is 2.27. The highest BCUT2D eigenvalue weighted by Crippen LogP contribution is 2.38. The summed E-state index contributed by atoms with van der Waals surface area (Å²) in [5.41, 5.74) is 2.65. The summed E-state index contributed by atoms with van der Waals surface area (Å²) < 4.78 is 6.34. The number of benzene rings is 2. The first-order valence-corrected chi connectivity index (χ1v) is 9.56. The van der Waals surface area contributed by atoms with Gasteiger partial charge in [-0.15, -0.1) is 0 Å². The monoisotopic (exact) mass is 468 g/mol. The highest BCUT2D eigenvalue weighted by atomic mass is 79.9. The van der Waals surface area contributed by atoms with Crippen molar-refractivity contribution in [1.29, 1.82) is 0 Å². The van der Waals surface area contributed by atoms with Crippen LogP contribution >= 0.6 is 39.1 Å². The van der Waals surface area contributed by atoms with Crippen molar-refractivity contribution in [2.45, 2.75) is 19.4 Å². The van der Waals surface area contributed by atoms with Crippen molar-refractivity contribution < 1.29 is 14.4 Å². The number of nitrogens with zero attached hydrogens (tertiary/aromatic N) is 1. The Bertz CT molecular complexity index is 991. The van der Waals surface area contributed by atoms with E-state index in [4.69, 9.17) is 27.7 Å². The summed E-state index contributed by atoms with van der Waals surface area (Å²) in [5, 5.41) is 17.0. The van der Waals surface area contributed by atoms with Crippen LogP contribution in [0.4, 0.5) is 4.79 Å². The van der Waals surface area contributed by atoms with Crippen molar-refractivity contribution in [1.82, 2.24) is 10.5 Å². The SMILES string of the molecule is Cc1noc(-c2ccc(Br)cc2Cl)c1[C@@H](Cc1ccccc1Cl)NC(=O)O. The van der Waals surface area contributed by atoms with Crippen LogP contribution in [-0.4, -0.2) is 16.4 Å². The third-order valence-corrected chi connectivity index (χ3v) is 5.29. The Balaban J connectivity index is 2.08. The number of carbonyl (C=O) groups is 1. The lowest BCUT2D eigenvalue weighted by atomic mass is 9.95. The van der Waals surface area contributed by atoms with Crippen LogP contribution in [0.15, 0.2) is 51.5 Å². The van der Waals surface area contributed by atoms with E-state index in [2.05, 4.69) is 26.4 Å². The van der Waals surface area contributed by atoms with Crippen molar-refractivity contribution in [3.05, 3.63) is 73.8 Å². The lowest BCUT2D eigenvalue weighted by Gasteiger charge is -2.18. The zero-order valence-corrected chi connectivity index (χ0v) is 17.3. The van der Waals surface area contributed by atoms with Gasteiger partial charge in [0.25, 0.3) is 0 Å². The Morgan fingerprint density at radius 2 is 2.00 bits per heavy atom. The van der Waals surface area contributed by atoms with E-state index in [1.54, 1.807) is 25.1 Å². The third-order valence-electron chi connectivity index (χ3n) is 4.11. The Labute approximate surface area is 174 Å². The maximum atomic E-state index is 11.4. The molecule has 5 nitrogen and oxygen atoms in total. The molecule has 0 saturated carbocycles. The van der Waals surface area contributed by atoms with Crippen LogP contribution < -0.4 is 5.32 Å². The highest BCUT2D eigenvalue weighted by molar-refractivity contribution is 9.10. The maximum Gasteiger partial charge on any atom is 0.405 e. The van der Waals surface area contributed by atoms with Crippen LogP contribution in [0.25, 0.3) is 11.3 Å². The van der Waals surface area contributed by atoms with Crippen LogP contribution in [0.3, 0.4) is 0 Å². The smallest absolute Gasteiger partial charge is 0.405 e. The van der Waals surface area contributed by atoms with Gasteiger partial charge in [0.05, 0.1) is 16.8 Å². The molecule has 1 amide bonds. The van der Waals surface area contributed by atoms with Gasteiger partial charge >= 0.3 is 6.09 Å². The molecule has 8 heteroatoms. The number of nitrogens with one attached hydrogen (secondary N) is 1. The summed E-state index contributed by atoms with van der Waals surface area (Å²) in [6.07, 6.45) is -0.810. The quantitative estimate of drug-likeness (QED) is 0.461. The number of hydrogen-bond acceptors (Lipinski definition) is 3. The molecule has 0 saturated heterocycles. The van der Waals surface area contributed by atoms with Crippen molar-refractivity contribution in [3.63, 3.8) is 0 Å². The molecule has 0 aliphatic heterocycles. The Kier molecular flexibility index (Phi) is 6.09. The fraction of sp³-hybridized carbons (Fsp3) is 0.158. The number of carboxylic acid groups (broad SMARTS) is 1. The molecule has 3 aromatic rings. The number of hydrogen-bond donors (Lipinski definition) is 2. The van der Waals surface area contributed by atoms with Gasteiger partial charge in [0.15, 0.2) is 5.76 Å². The molecule has 27 heavy (non-hydrogen) atoms. The normalized spacial score (nSPS) is 12.0. The molecule has 2 aromatic carbocycles. The maximum absolute atomic E-state index is 11.4. The molecule has 0 aliphatic carbocycles. The Hall–Kier alpha value is -2.02. The first-order chi connectivity index (χ1) is 12.9. The predicted molar refractivity (Wildman–Crippen MR) is 108 cm³/mol. The van der Waals surface area contributed by atoms with E-state index in [-0.39, 0.29) is 0 Å². The Morgan fingerprint density at radius 1 is 1.26 bits per heavy atom. The summed E-state index contributed by atoms with van der Waals surface area (Å²) in [6, 6.07) is 12.1. The number of aryl methyl sites for hydroxylation is 1. The topological polar surface area (TPSA) is 75.4 Å². The van der Waals surface area contributed by atoms with E-state index in [1.165, 1.54) is 0 Å². The number of rotatable bonds is 5. The van der Waals surface area contributed by atoms with Gasteiger partial charge in [-0.3, -0.25) is 0 Å². The minimum absolute atomic E-state index is 0.342. The predicted octanol–water partition coefficient (Wildman–Crippen LogP) is 6.27. The molecule has 0 bridgehead atoms. The third kappa shape index (κ3) is 4.46. The Morgan fingerprint density at radius 3 is 2.67 bits per heavy atom. The van der Waals surface area contributed by atoms with Gasteiger partial charge in [-0.05, 0) is 43.2 Å². The average Bonchev–Trinajstić information content (AvgIpc) is 2.97. The van der Waals surface area contributed by atoms with E-state index in [1.807, 2.05) is 24.3 Å². The van der Waals surface area contributed by atoms with Gasteiger partial charge in [0, 0.05) is 20.6 Å². The van der Waals surface area contributed by atoms with Gasteiger partial charge in [-0.1, -0.05) is 62.5 Å². The van der Waals surface area contributed by atoms with Gasteiger partial charge in [0.2, 0.25) is 0 Å². The number of halogens is 3. The molecule has 0 fully saturated rings. The van der Waals surface area contributed by atoms with Crippen molar-refractivity contribution in [2.75, 3.05) is 0 Å². The molecule has 0 radical (unpaired) electrons. The van der Waals surface area contributed by atoms with E-state index >= 15 is 0 Å². The molecular weight excluding hydrogens is 455 g/mol. The van der Waals surface area contributed by atoms with E-state index in [0.717, 1.165) is 10.0 Å². The summed E-state index contributed by atoms with van der Waals surface area (Å²) in [4.78, 5) is 11.4. The van der Waals surface area contributed by atoms with Gasteiger partial charge in [0.1, 0.15) is 0 Å². The zero-order chi connectivity index (χ0) is 19.6. The average molecular weight is 470 g/mol. The molecule has 1 heterocycles. The number of amides is 1. The second-order valence-corrected chi connectivity index (χ2v) is 7.66. The van der Waals surface area contributed by atoms with Gasteiger partial charge in [-0.25, -0.2) is 4.79 Å². The van der Waals surface area contributed by atoms with Crippen molar-refractivity contribution in [2.24, 2.45) is 0 Å². The largest absolute Gasteiger partial charge is 0.465 e. The number of aromatic nitrogens is 1. The second-order valence-electron chi connectivity index (χ2n) is 5.93. The molecule has 1 aromatic heterocycles. The van der Waals surface area contributed by atoms with E-state index in [0.29, 0.717) is 39.0 Å². The summed E-state index contributed by atoms with van der Waals surface area (Å²) in [5.74, 6) is 0.427. The molecule has 3 rings (SSSR count). The van der Waals surface area contributed by atoms with Crippen molar-refractivity contribution >= 4 is 45.2 Å². The van der Waals surface area contributed by atoms with E-state index < -0.39 is 12.1 Å². The van der Waals surface area contributed by atoms with Crippen LogP contribution in [0.1, 0.15) is 22.9 Å². The molecule has 0 aliphatic rings. The lowest BCUT2D eigenvalue weighted by Crippen LogP contribution is -2.29. The summed E-state index contributed by atoms with van der Waals surface area (Å²) >= 11 is 16.0. The van der Waals surface area contributed by atoms with Crippen LogP contribution in [-0.2, 0) is 6.42 Å². The molecule has 0 unspecified atom stereocenters. The molecule has 0 spiro atoms. The molecular formula is C19H15BrCl2N2O3. The molecule has 1 atom stereocenters. The van der Waals surface area contributed by atoms with E-state index in [9.17, 15) is 9.90 Å². The van der Waals surface area contributed by atoms with Gasteiger partial charge in [-0.2, -0.15) is 0 Å². The molecule has 140 valence electrons. The minimum atomic E-state index is -1.15. The fourth-order valence-corrected chi connectivity index (χ4v) is 3.89.